The largest absolute Gasteiger partial charge is 0.481 e. The van der Waals surface area contributed by atoms with Crippen molar-refractivity contribution in [2.24, 2.45) is 5.92 Å². The number of amides is 1. The molecule has 104 valence electrons. The zero-order chi connectivity index (χ0) is 13.9. The minimum absolute atomic E-state index is 0.110. The number of rotatable bonds is 4. The molecular formula is C13H18N2O4. The van der Waals surface area contributed by atoms with Crippen LogP contribution in [0.3, 0.4) is 0 Å². The van der Waals surface area contributed by atoms with E-state index in [0.29, 0.717) is 18.5 Å². The van der Waals surface area contributed by atoms with Gasteiger partial charge in [-0.25, -0.2) is 0 Å². The van der Waals surface area contributed by atoms with Gasteiger partial charge in [0.1, 0.15) is 6.26 Å². The lowest BCUT2D eigenvalue weighted by atomic mass is 9.74. The van der Waals surface area contributed by atoms with Crippen molar-refractivity contribution in [3.05, 3.63) is 18.0 Å². The first-order valence-corrected chi connectivity index (χ1v) is 6.44. The van der Waals surface area contributed by atoms with E-state index < -0.39 is 17.4 Å². The van der Waals surface area contributed by atoms with Gasteiger partial charge >= 0.3 is 5.97 Å². The van der Waals surface area contributed by atoms with Crippen molar-refractivity contribution in [2.75, 3.05) is 0 Å². The lowest BCUT2D eigenvalue weighted by Gasteiger charge is -2.39. The molecule has 1 aromatic rings. The fourth-order valence-corrected chi connectivity index (χ4v) is 2.74. The molecule has 1 fully saturated rings. The van der Waals surface area contributed by atoms with Gasteiger partial charge in [0.25, 0.3) is 0 Å². The fourth-order valence-electron chi connectivity index (χ4n) is 2.74. The summed E-state index contributed by atoms with van der Waals surface area (Å²) < 4.78 is 4.67. The predicted molar refractivity (Wildman–Crippen MR) is 66.3 cm³/mol. The summed E-state index contributed by atoms with van der Waals surface area (Å²) in [7, 11) is 0. The van der Waals surface area contributed by atoms with Crippen LogP contribution in [-0.4, -0.2) is 27.7 Å². The van der Waals surface area contributed by atoms with E-state index in [9.17, 15) is 14.7 Å². The molecule has 0 spiro atoms. The molecule has 0 bridgehead atoms. The Morgan fingerprint density at radius 3 is 3.00 bits per heavy atom. The topological polar surface area (TPSA) is 92.4 Å². The van der Waals surface area contributed by atoms with Crippen LogP contribution in [0.4, 0.5) is 0 Å². The van der Waals surface area contributed by atoms with E-state index in [4.69, 9.17) is 0 Å². The van der Waals surface area contributed by atoms with Crippen LogP contribution in [0, 0.1) is 5.92 Å². The van der Waals surface area contributed by atoms with E-state index in [-0.39, 0.29) is 12.3 Å². The van der Waals surface area contributed by atoms with Crippen molar-refractivity contribution >= 4 is 11.9 Å². The van der Waals surface area contributed by atoms with Gasteiger partial charge in [-0.1, -0.05) is 18.0 Å². The predicted octanol–water partition coefficient (Wildman–Crippen LogP) is 1.37. The van der Waals surface area contributed by atoms with Crippen LogP contribution in [-0.2, 0) is 16.0 Å². The maximum absolute atomic E-state index is 12.0. The minimum Gasteiger partial charge on any atom is -0.481 e. The summed E-state index contributed by atoms with van der Waals surface area (Å²) in [6, 6.07) is 1.62. The maximum Gasteiger partial charge on any atom is 0.308 e. The van der Waals surface area contributed by atoms with Gasteiger partial charge in [-0.2, -0.15) is 0 Å². The molecule has 0 saturated heterocycles. The molecule has 1 aliphatic carbocycles. The van der Waals surface area contributed by atoms with Gasteiger partial charge in [0.2, 0.25) is 5.91 Å². The molecule has 1 aliphatic rings. The first-order valence-electron chi connectivity index (χ1n) is 6.44. The number of carbonyl (C=O) groups excluding carboxylic acids is 1. The van der Waals surface area contributed by atoms with E-state index in [2.05, 4.69) is 15.0 Å². The average Bonchev–Trinajstić information content (AvgIpc) is 2.80. The molecule has 0 aliphatic heterocycles. The van der Waals surface area contributed by atoms with Crippen molar-refractivity contribution in [2.45, 2.75) is 44.6 Å². The van der Waals surface area contributed by atoms with Crippen molar-refractivity contribution in [1.82, 2.24) is 10.5 Å². The Balaban J connectivity index is 2.02. The standard InChI is InChI=1S/C13H18N2O4/c1-13(6-3-2-4-10(13)12(17)18)14-11(16)8-9-5-7-19-15-9/h5,7,10H,2-4,6,8H2,1H3,(H,14,16)(H,17,18). The first-order chi connectivity index (χ1) is 9.01. The van der Waals surface area contributed by atoms with Crippen LogP contribution in [0.1, 0.15) is 38.3 Å². The summed E-state index contributed by atoms with van der Waals surface area (Å²) in [5, 5.41) is 15.8. The smallest absolute Gasteiger partial charge is 0.308 e. The second-order valence-electron chi connectivity index (χ2n) is 5.27. The third-order valence-electron chi connectivity index (χ3n) is 3.76. The average molecular weight is 266 g/mol. The fraction of sp³-hybridized carbons (Fsp3) is 0.615. The summed E-state index contributed by atoms with van der Waals surface area (Å²) in [4.78, 5) is 23.3. The van der Waals surface area contributed by atoms with Gasteiger partial charge in [-0.05, 0) is 19.8 Å². The highest BCUT2D eigenvalue weighted by Crippen LogP contribution is 2.33. The summed E-state index contributed by atoms with van der Waals surface area (Å²) in [6.07, 6.45) is 4.64. The van der Waals surface area contributed by atoms with Crippen LogP contribution in [0.5, 0.6) is 0 Å². The molecule has 1 saturated carbocycles. The molecule has 2 atom stereocenters. The van der Waals surface area contributed by atoms with Crippen molar-refractivity contribution in [1.29, 1.82) is 0 Å². The maximum atomic E-state index is 12.0. The number of aliphatic carboxylic acids is 1. The third-order valence-corrected chi connectivity index (χ3v) is 3.76. The Bertz CT molecular complexity index is 457. The van der Waals surface area contributed by atoms with Gasteiger partial charge in [0.15, 0.2) is 0 Å². The lowest BCUT2D eigenvalue weighted by molar-refractivity contribution is -0.146. The lowest BCUT2D eigenvalue weighted by Crippen LogP contribution is -2.55. The van der Waals surface area contributed by atoms with E-state index in [1.165, 1.54) is 6.26 Å². The third kappa shape index (κ3) is 3.13. The number of aromatic nitrogens is 1. The van der Waals surface area contributed by atoms with Crippen LogP contribution < -0.4 is 5.32 Å². The van der Waals surface area contributed by atoms with E-state index in [0.717, 1.165) is 12.8 Å². The molecule has 2 rings (SSSR count). The molecule has 2 N–H and O–H groups in total. The van der Waals surface area contributed by atoms with Gasteiger partial charge in [-0.15, -0.1) is 0 Å². The Morgan fingerprint density at radius 1 is 1.58 bits per heavy atom. The molecule has 6 nitrogen and oxygen atoms in total. The Labute approximate surface area is 111 Å². The Kier molecular flexibility index (Phi) is 3.87. The molecule has 1 aromatic heterocycles. The Hall–Kier alpha value is -1.85. The number of carboxylic acids is 1. The molecule has 6 heteroatoms. The highest BCUT2D eigenvalue weighted by Gasteiger charge is 2.42. The number of hydrogen-bond acceptors (Lipinski definition) is 4. The van der Waals surface area contributed by atoms with Crippen molar-refractivity contribution < 1.29 is 19.2 Å². The van der Waals surface area contributed by atoms with E-state index in [1.54, 1.807) is 6.07 Å². The van der Waals surface area contributed by atoms with Crippen LogP contribution >= 0.6 is 0 Å². The van der Waals surface area contributed by atoms with Crippen LogP contribution in [0.25, 0.3) is 0 Å². The molecule has 2 unspecified atom stereocenters. The van der Waals surface area contributed by atoms with Crippen LogP contribution in [0.2, 0.25) is 0 Å². The number of nitrogens with one attached hydrogen (secondary N) is 1. The molecular weight excluding hydrogens is 248 g/mol. The second kappa shape index (κ2) is 5.42. The highest BCUT2D eigenvalue weighted by atomic mass is 16.5. The normalized spacial score (nSPS) is 26.9. The Morgan fingerprint density at radius 2 is 2.37 bits per heavy atom. The monoisotopic (exact) mass is 266 g/mol. The number of carbonyl (C=O) groups is 2. The van der Waals surface area contributed by atoms with Crippen molar-refractivity contribution in [3.8, 4) is 0 Å². The second-order valence-corrected chi connectivity index (χ2v) is 5.27. The van der Waals surface area contributed by atoms with Crippen LogP contribution in [0.15, 0.2) is 16.9 Å². The minimum atomic E-state index is -0.844. The van der Waals surface area contributed by atoms with Gasteiger partial charge in [-0.3, -0.25) is 9.59 Å². The summed E-state index contributed by atoms with van der Waals surface area (Å²) in [6.45, 7) is 1.81. The van der Waals surface area contributed by atoms with Gasteiger partial charge < -0.3 is 14.9 Å². The molecule has 0 radical (unpaired) electrons. The number of hydrogen-bond donors (Lipinski definition) is 2. The first kappa shape index (κ1) is 13.6. The molecule has 19 heavy (non-hydrogen) atoms. The SMILES string of the molecule is CC1(NC(=O)Cc2ccon2)CCCCC1C(=O)O. The number of nitrogens with zero attached hydrogens (tertiary/aromatic N) is 1. The van der Waals surface area contributed by atoms with Gasteiger partial charge in [0.05, 0.1) is 23.6 Å². The van der Waals surface area contributed by atoms with Crippen molar-refractivity contribution in [3.63, 3.8) is 0 Å². The summed E-state index contributed by atoms with van der Waals surface area (Å²) in [5.41, 5.74) is -0.131. The summed E-state index contributed by atoms with van der Waals surface area (Å²) >= 11 is 0. The van der Waals surface area contributed by atoms with Gasteiger partial charge in [0, 0.05) is 6.07 Å². The molecule has 1 heterocycles. The highest BCUT2D eigenvalue weighted by molar-refractivity contribution is 5.80. The summed E-state index contributed by atoms with van der Waals surface area (Å²) in [5.74, 6) is -1.59. The number of carboxylic acid groups (broad SMARTS) is 1. The molecule has 0 aromatic carbocycles. The zero-order valence-electron chi connectivity index (χ0n) is 10.9. The molecule has 1 amide bonds. The van der Waals surface area contributed by atoms with E-state index >= 15 is 0 Å². The van der Waals surface area contributed by atoms with E-state index in [1.807, 2.05) is 6.92 Å². The zero-order valence-corrected chi connectivity index (χ0v) is 10.9. The quantitative estimate of drug-likeness (QED) is 0.858.